The van der Waals surface area contributed by atoms with Crippen LogP contribution in [0, 0.1) is 0 Å². The van der Waals surface area contributed by atoms with Crippen LogP contribution in [0.25, 0.3) is 0 Å². The van der Waals surface area contributed by atoms with Crippen molar-refractivity contribution in [1.82, 2.24) is 20.4 Å². The summed E-state index contributed by atoms with van der Waals surface area (Å²) in [5, 5.41) is 8.05. The molecule has 0 fully saturated rings. The lowest BCUT2D eigenvalue weighted by Crippen LogP contribution is -2.30. The van der Waals surface area contributed by atoms with Gasteiger partial charge in [0.1, 0.15) is 0 Å². The molecule has 0 bridgehead atoms. The third-order valence-corrected chi connectivity index (χ3v) is 4.93. The first-order valence-corrected chi connectivity index (χ1v) is 7.86. The SMILES string of the molecule is CCCn1nncc1C(NN)c1cc(Br)sc1Br. The summed E-state index contributed by atoms with van der Waals surface area (Å²) in [7, 11) is 0. The molecule has 0 saturated heterocycles. The first-order chi connectivity index (χ1) is 8.67. The van der Waals surface area contributed by atoms with E-state index < -0.39 is 0 Å². The smallest absolute Gasteiger partial charge is 0.0914 e. The van der Waals surface area contributed by atoms with E-state index in [0.717, 1.165) is 31.8 Å². The van der Waals surface area contributed by atoms with E-state index in [1.807, 2.05) is 10.7 Å². The highest BCUT2D eigenvalue weighted by Gasteiger charge is 2.21. The van der Waals surface area contributed by atoms with Crippen molar-refractivity contribution in [3.8, 4) is 0 Å². The van der Waals surface area contributed by atoms with E-state index in [4.69, 9.17) is 5.84 Å². The van der Waals surface area contributed by atoms with Gasteiger partial charge in [0, 0.05) is 12.1 Å². The molecule has 98 valence electrons. The Labute approximate surface area is 126 Å². The van der Waals surface area contributed by atoms with Crippen molar-refractivity contribution in [1.29, 1.82) is 0 Å². The Morgan fingerprint density at radius 1 is 1.56 bits per heavy atom. The molecule has 18 heavy (non-hydrogen) atoms. The van der Waals surface area contributed by atoms with Gasteiger partial charge in [-0.3, -0.25) is 5.84 Å². The molecule has 0 spiro atoms. The van der Waals surface area contributed by atoms with Crippen molar-refractivity contribution in [3.63, 3.8) is 0 Å². The van der Waals surface area contributed by atoms with E-state index in [9.17, 15) is 0 Å². The lowest BCUT2D eigenvalue weighted by Gasteiger charge is -2.16. The molecular weight excluding hydrogens is 382 g/mol. The molecular formula is C10H13Br2N5S. The van der Waals surface area contributed by atoms with E-state index in [0.29, 0.717) is 0 Å². The normalized spacial score (nSPS) is 12.9. The molecule has 1 unspecified atom stereocenters. The monoisotopic (exact) mass is 393 g/mol. The van der Waals surface area contributed by atoms with Gasteiger partial charge in [0.15, 0.2) is 0 Å². The summed E-state index contributed by atoms with van der Waals surface area (Å²) in [4.78, 5) is 0. The molecule has 0 aliphatic rings. The third kappa shape index (κ3) is 2.83. The van der Waals surface area contributed by atoms with E-state index in [-0.39, 0.29) is 6.04 Å². The fourth-order valence-corrected chi connectivity index (χ4v) is 4.66. The van der Waals surface area contributed by atoms with Crippen LogP contribution in [0.2, 0.25) is 0 Å². The maximum Gasteiger partial charge on any atom is 0.0914 e. The molecule has 0 aromatic carbocycles. The average molecular weight is 395 g/mol. The van der Waals surface area contributed by atoms with Crippen molar-refractivity contribution in [2.24, 2.45) is 5.84 Å². The number of aryl methyl sites for hydroxylation is 1. The van der Waals surface area contributed by atoms with Crippen LogP contribution in [0.5, 0.6) is 0 Å². The molecule has 2 aromatic rings. The third-order valence-electron chi connectivity index (χ3n) is 2.54. The van der Waals surface area contributed by atoms with Gasteiger partial charge in [0.2, 0.25) is 0 Å². The summed E-state index contributed by atoms with van der Waals surface area (Å²) in [5.74, 6) is 5.69. The Bertz CT molecular complexity index is 524. The Kier molecular flexibility index (Phi) is 4.91. The van der Waals surface area contributed by atoms with Gasteiger partial charge in [-0.05, 0) is 44.3 Å². The highest BCUT2D eigenvalue weighted by Crippen LogP contribution is 2.37. The lowest BCUT2D eigenvalue weighted by molar-refractivity contribution is 0.512. The number of hydrogen-bond acceptors (Lipinski definition) is 5. The molecule has 5 nitrogen and oxygen atoms in total. The van der Waals surface area contributed by atoms with Gasteiger partial charge in [0.05, 0.1) is 25.5 Å². The van der Waals surface area contributed by atoms with Crippen LogP contribution in [0.15, 0.2) is 19.8 Å². The number of nitrogens with two attached hydrogens (primary N) is 1. The zero-order valence-electron chi connectivity index (χ0n) is 9.73. The number of nitrogens with one attached hydrogen (secondary N) is 1. The number of aromatic nitrogens is 3. The Morgan fingerprint density at radius 2 is 2.33 bits per heavy atom. The fraction of sp³-hybridized carbons (Fsp3) is 0.400. The topological polar surface area (TPSA) is 68.8 Å². The molecule has 3 N–H and O–H groups in total. The minimum absolute atomic E-state index is 0.122. The van der Waals surface area contributed by atoms with Crippen LogP contribution >= 0.6 is 43.2 Å². The number of halogens is 2. The standard InChI is InChI=1S/C10H13Br2N5S/c1-2-3-17-7(5-14-16-17)9(15-13)6-4-8(11)18-10(6)12/h4-5,9,15H,2-3,13H2,1H3. The predicted octanol–water partition coefficient (Wildman–Crippen LogP) is 2.83. The summed E-state index contributed by atoms with van der Waals surface area (Å²) < 4.78 is 3.98. The van der Waals surface area contributed by atoms with Crippen LogP contribution in [-0.2, 0) is 6.54 Å². The fourth-order valence-electron chi connectivity index (χ4n) is 1.76. The molecule has 0 aliphatic heterocycles. The van der Waals surface area contributed by atoms with Crippen molar-refractivity contribution in [2.75, 3.05) is 0 Å². The largest absolute Gasteiger partial charge is 0.271 e. The van der Waals surface area contributed by atoms with Crippen LogP contribution in [0.1, 0.15) is 30.6 Å². The summed E-state index contributed by atoms with van der Waals surface area (Å²) >= 11 is 8.64. The molecule has 0 radical (unpaired) electrons. The van der Waals surface area contributed by atoms with E-state index >= 15 is 0 Å². The van der Waals surface area contributed by atoms with Crippen LogP contribution in [-0.4, -0.2) is 15.0 Å². The van der Waals surface area contributed by atoms with Gasteiger partial charge in [-0.15, -0.1) is 16.4 Å². The van der Waals surface area contributed by atoms with Gasteiger partial charge >= 0.3 is 0 Å². The van der Waals surface area contributed by atoms with Gasteiger partial charge < -0.3 is 0 Å². The highest BCUT2D eigenvalue weighted by molar-refractivity contribution is 9.12. The Balaban J connectivity index is 2.39. The minimum atomic E-state index is -0.122. The minimum Gasteiger partial charge on any atom is -0.271 e. The van der Waals surface area contributed by atoms with Crippen molar-refractivity contribution in [2.45, 2.75) is 25.9 Å². The van der Waals surface area contributed by atoms with Gasteiger partial charge in [-0.25, -0.2) is 10.1 Å². The molecule has 2 aromatic heterocycles. The van der Waals surface area contributed by atoms with E-state index in [1.54, 1.807) is 17.5 Å². The molecule has 0 aliphatic carbocycles. The van der Waals surface area contributed by atoms with Crippen molar-refractivity contribution < 1.29 is 0 Å². The van der Waals surface area contributed by atoms with Crippen molar-refractivity contribution in [3.05, 3.63) is 31.1 Å². The first-order valence-electron chi connectivity index (χ1n) is 5.46. The highest BCUT2D eigenvalue weighted by atomic mass is 79.9. The number of thiophene rings is 1. The van der Waals surface area contributed by atoms with Gasteiger partial charge in [0.25, 0.3) is 0 Å². The predicted molar refractivity (Wildman–Crippen MR) is 79.2 cm³/mol. The van der Waals surface area contributed by atoms with Crippen LogP contribution < -0.4 is 11.3 Å². The molecule has 2 heterocycles. The average Bonchev–Trinajstić information content (AvgIpc) is 2.89. The van der Waals surface area contributed by atoms with Crippen molar-refractivity contribution >= 4 is 43.2 Å². The summed E-state index contributed by atoms with van der Waals surface area (Å²) in [6.07, 6.45) is 2.75. The maximum atomic E-state index is 5.69. The number of hydrazine groups is 1. The Morgan fingerprint density at radius 3 is 2.89 bits per heavy atom. The summed E-state index contributed by atoms with van der Waals surface area (Å²) in [5.41, 5.74) is 4.87. The maximum absolute atomic E-state index is 5.69. The second kappa shape index (κ2) is 6.25. The summed E-state index contributed by atoms with van der Waals surface area (Å²) in [6, 6.07) is 1.92. The molecule has 8 heteroatoms. The number of nitrogens with zero attached hydrogens (tertiary/aromatic N) is 3. The van der Waals surface area contributed by atoms with E-state index in [1.165, 1.54) is 0 Å². The zero-order chi connectivity index (χ0) is 13.1. The van der Waals surface area contributed by atoms with Crippen LogP contribution in [0.3, 0.4) is 0 Å². The quantitative estimate of drug-likeness (QED) is 0.604. The van der Waals surface area contributed by atoms with Crippen LogP contribution in [0.4, 0.5) is 0 Å². The number of rotatable bonds is 5. The second-order valence-corrected chi connectivity index (χ2v) is 7.51. The first kappa shape index (κ1) is 14.1. The molecule has 2 rings (SSSR count). The van der Waals surface area contributed by atoms with Gasteiger partial charge in [-0.1, -0.05) is 12.1 Å². The lowest BCUT2D eigenvalue weighted by atomic mass is 10.1. The molecule has 0 amide bonds. The number of hydrogen-bond donors (Lipinski definition) is 2. The van der Waals surface area contributed by atoms with Gasteiger partial charge in [-0.2, -0.15) is 0 Å². The molecule has 0 saturated carbocycles. The zero-order valence-corrected chi connectivity index (χ0v) is 13.7. The van der Waals surface area contributed by atoms with E-state index in [2.05, 4.69) is 54.5 Å². The summed E-state index contributed by atoms with van der Waals surface area (Å²) in [6.45, 7) is 2.93. The Hall–Kier alpha value is -0.280. The molecule has 1 atom stereocenters. The second-order valence-electron chi connectivity index (χ2n) is 3.76.